The molecule has 1 aliphatic heterocycles. The van der Waals surface area contributed by atoms with E-state index in [9.17, 15) is 21.6 Å². The van der Waals surface area contributed by atoms with Crippen molar-refractivity contribution in [1.29, 1.82) is 0 Å². The Balaban J connectivity index is 1.76. The van der Waals surface area contributed by atoms with Gasteiger partial charge in [-0.2, -0.15) is 4.31 Å². The first kappa shape index (κ1) is 23.2. The molecule has 0 fully saturated rings. The van der Waals surface area contributed by atoms with Gasteiger partial charge in [-0.05, 0) is 60.9 Å². The lowest BCUT2D eigenvalue weighted by molar-refractivity contribution is -0.118. The molecule has 1 aliphatic rings. The average molecular weight is 466 g/mol. The van der Waals surface area contributed by atoms with Crippen molar-refractivity contribution < 1.29 is 21.6 Å². The minimum atomic E-state index is -3.84. The third kappa shape index (κ3) is 5.44. The Bertz CT molecular complexity index is 1170. The van der Waals surface area contributed by atoms with Crippen molar-refractivity contribution in [1.82, 2.24) is 4.31 Å². The monoisotopic (exact) mass is 465 g/mol. The highest BCUT2D eigenvalue weighted by molar-refractivity contribution is 7.92. The first-order valence-electron chi connectivity index (χ1n) is 10.0. The summed E-state index contributed by atoms with van der Waals surface area (Å²) in [6.07, 6.45) is 0.588. The SMILES string of the molecule is CCS(=O)(=O)N1CCc2ccc(NS(=O)(=O)c3ccc(NC(=O)C(C)C)cc3)cc2C1. The van der Waals surface area contributed by atoms with Gasteiger partial charge in [0.15, 0.2) is 0 Å². The van der Waals surface area contributed by atoms with Crippen LogP contribution < -0.4 is 10.0 Å². The lowest BCUT2D eigenvalue weighted by Crippen LogP contribution is -2.36. The van der Waals surface area contributed by atoms with E-state index in [4.69, 9.17) is 0 Å². The maximum atomic E-state index is 12.8. The minimum absolute atomic E-state index is 0.0300. The van der Waals surface area contributed by atoms with Gasteiger partial charge in [-0.3, -0.25) is 9.52 Å². The first-order valence-corrected chi connectivity index (χ1v) is 13.1. The van der Waals surface area contributed by atoms with Crippen LogP contribution in [0.5, 0.6) is 0 Å². The number of carbonyl (C=O) groups excluding carboxylic acids is 1. The average Bonchev–Trinajstić information content (AvgIpc) is 2.73. The third-order valence-corrected chi connectivity index (χ3v) is 8.38. The predicted octanol–water partition coefficient (Wildman–Crippen LogP) is 2.79. The molecule has 1 heterocycles. The van der Waals surface area contributed by atoms with E-state index in [-0.39, 0.29) is 29.0 Å². The fraction of sp³-hybridized carbons (Fsp3) is 0.381. The summed E-state index contributed by atoms with van der Waals surface area (Å²) in [5.74, 6) is -0.304. The molecule has 0 aromatic heterocycles. The highest BCUT2D eigenvalue weighted by Crippen LogP contribution is 2.26. The zero-order valence-corrected chi connectivity index (χ0v) is 19.4. The number of nitrogens with one attached hydrogen (secondary N) is 2. The van der Waals surface area contributed by atoms with Gasteiger partial charge in [0.2, 0.25) is 15.9 Å². The van der Waals surface area contributed by atoms with Gasteiger partial charge < -0.3 is 5.32 Å². The van der Waals surface area contributed by atoms with Gasteiger partial charge >= 0.3 is 0 Å². The molecule has 0 saturated carbocycles. The third-order valence-electron chi connectivity index (χ3n) is 5.15. The summed E-state index contributed by atoms with van der Waals surface area (Å²) in [6, 6.07) is 11.1. The predicted molar refractivity (Wildman–Crippen MR) is 121 cm³/mol. The van der Waals surface area contributed by atoms with E-state index >= 15 is 0 Å². The molecule has 0 saturated heterocycles. The van der Waals surface area contributed by atoms with Gasteiger partial charge in [-0.25, -0.2) is 16.8 Å². The number of carbonyl (C=O) groups is 1. The maximum Gasteiger partial charge on any atom is 0.261 e. The van der Waals surface area contributed by atoms with Crippen molar-refractivity contribution >= 4 is 37.3 Å². The fourth-order valence-corrected chi connectivity index (χ4v) is 5.35. The number of nitrogens with zero attached hydrogens (tertiary/aromatic N) is 1. The Morgan fingerprint density at radius 1 is 1.00 bits per heavy atom. The maximum absolute atomic E-state index is 12.8. The summed E-state index contributed by atoms with van der Waals surface area (Å²) in [7, 11) is -7.15. The number of benzene rings is 2. The fourth-order valence-electron chi connectivity index (χ4n) is 3.23. The van der Waals surface area contributed by atoms with Crippen LogP contribution in [0.2, 0.25) is 0 Å². The normalized spacial score (nSPS) is 14.8. The summed E-state index contributed by atoms with van der Waals surface area (Å²) in [5.41, 5.74) is 2.68. The number of hydrogen-bond acceptors (Lipinski definition) is 5. The van der Waals surface area contributed by atoms with Crippen LogP contribution in [0.1, 0.15) is 31.9 Å². The highest BCUT2D eigenvalue weighted by Gasteiger charge is 2.25. The molecule has 8 nitrogen and oxygen atoms in total. The smallest absolute Gasteiger partial charge is 0.261 e. The molecule has 0 radical (unpaired) electrons. The van der Waals surface area contributed by atoms with Crippen LogP contribution in [-0.2, 0) is 37.8 Å². The molecule has 0 unspecified atom stereocenters. The second kappa shape index (κ2) is 8.97. The Morgan fingerprint density at radius 2 is 1.65 bits per heavy atom. The Hall–Kier alpha value is -2.43. The molecule has 0 aliphatic carbocycles. The lowest BCUT2D eigenvalue weighted by atomic mass is 10.0. The van der Waals surface area contributed by atoms with Crippen molar-refractivity contribution in [3.05, 3.63) is 53.6 Å². The van der Waals surface area contributed by atoms with Gasteiger partial charge in [-0.15, -0.1) is 0 Å². The van der Waals surface area contributed by atoms with Crippen molar-refractivity contribution in [2.75, 3.05) is 22.3 Å². The Morgan fingerprint density at radius 3 is 2.26 bits per heavy atom. The zero-order chi connectivity index (χ0) is 22.8. The van der Waals surface area contributed by atoms with E-state index in [1.807, 2.05) is 6.07 Å². The van der Waals surface area contributed by atoms with E-state index in [0.717, 1.165) is 11.1 Å². The van der Waals surface area contributed by atoms with Crippen LogP contribution in [0.15, 0.2) is 47.4 Å². The van der Waals surface area contributed by atoms with Crippen LogP contribution >= 0.6 is 0 Å². The molecular weight excluding hydrogens is 438 g/mol. The summed E-state index contributed by atoms with van der Waals surface area (Å²) in [4.78, 5) is 11.8. The number of hydrogen-bond donors (Lipinski definition) is 2. The topological polar surface area (TPSA) is 113 Å². The summed E-state index contributed by atoms with van der Waals surface area (Å²) < 4.78 is 53.9. The quantitative estimate of drug-likeness (QED) is 0.653. The van der Waals surface area contributed by atoms with Crippen LogP contribution in [-0.4, -0.2) is 39.3 Å². The number of amides is 1. The van der Waals surface area contributed by atoms with Gasteiger partial charge in [0.05, 0.1) is 10.6 Å². The Labute approximate surface area is 183 Å². The molecule has 0 spiro atoms. The largest absolute Gasteiger partial charge is 0.326 e. The van der Waals surface area contributed by atoms with Crippen molar-refractivity contribution in [3.63, 3.8) is 0 Å². The second-order valence-electron chi connectivity index (χ2n) is 7.74. The molecule has 0 atom stereocenters. The first-order chi connectivity index (χ1) is 14.5. The van der Waals surface area contributed by atoms with Crippen LogP contribution in [0, 0.1) is 5.92 Å². The molecule has 1 amide bonds. The lowest BCUT2D eigenvalue weighted by Gasteiger charge is -2.28. The van der Waals surface area contributed by atoms with Gasteiger partial charge in [0.25, 0.3) is 10.0 Å². The van der Waals surface area contributed by atoms with Crippen molar-refractivity contribution in [2.24, 2.45) is 5.92 Å². The van der Waals surface area contributed by atoms with E-state index in [0.29, 0.717) is 24.3 Å². The standard InChI is InChI=1S/C21H27N3O5S2/c1-4-30(26,27)24-12-11-16-5-6-19(13-17(16)14-24)23-31(28,29)20-9-7-18(8-10-20)22-21(25)15(2)3/h5-10,13,15,23H,4,11-12,14H2,1-3H3,(H,22,25). The van der Waals surface area contributed by atoms with E-state index in [2.05, 4.69) is 10.0 Å². The number of rotatable bonds is 7. The highest BCUT2D eigenvalue weighted by atomic mass is 32.2. The second-order valence-corrected chi connectivity index (χ2v) is 11.7. The summed E-state index contributed by atoms with van der Waals surface area (Å²) in [6.45, 7) is 5.80. The van der Waals surface area contributed by atoms with Gasteiger partial charge in [0, 0.05) is 30.4 Å². The minimum Gasteiger partial charge on any atom is -0.326 e. The van der Waals surface area contributed by atoms with Gasteiger partial charge in [-0.1, -0.05) is 19.9 Å². The van der Waals surface area contributed by atoms with Crippen LogP contribution in [0.4, 0.5) is 11.4 Å². The number of anilines is 2. The zero-order valence-electron chi connectivity index (χ0n) is 17.8. The molecule has 3 rings (SSSR count). The van der Waals surface area contributed by atoms with Gasteiger partial charge in [0.1, 0.15) is 0 Å². The molecule has 10 heteroatoms. The summed E-state index contributed by atoms with van der Waals surface area (Å²) in [5, 5.41) is 2.72. The van der Waals surface area contributed by atoms with Crippen molar-refractivity contribution in [3.8, 4) is 0 Å². The van der Waals surface area contributed by atoms with Crippen LogP contribution in [0.3, 0.4) is 0 Å². The molecular formula is C21H27N3O5S2. The molecule has 168 valence electrons. The molecule has 2 aromatic rings. The van der Waals surface area contributed by atoms with Crippen molar-refractivity contribution in [2.45, 2.75) is 38.6 Å². The number of sulfonamides is 2. The van der Waals surface area contributed by atoms with Crippen LogP contribution in [0.25, 0.3) is 0 Å². The van der Waals surface area contributed by atoms with E-state index < -0.39 is 20.0 Å². The van der Waals surface area contributed by atoms with E-state index in [1.54, 1.807) is 32.9 Å². The summed E-state index contributed by atoms with van der Waals surface area (Å²) >= 11 is 0. The Kier molecular flexibility index (Phi) is 6.73. The molecule has 31 heavy (non-hydrogen) atoms. The molecule has 2 N–H and O–H groups in total. The molecule has 0 bridgehead atoms. The van der Waals surface area contributed by atoms with E-state index in [1.165, 1.54) is 28.6 Å². The number of fused-ring (bicyclic) bond motifs is 1. The molecule has 2 aromatic carbocycles.